The van der Waals surface area contributed by atoms with Crippen molar-refractivity contribution in [3.05, 3.63) is 108 Å². The Bertz CT molecular complexity index is 1460. The average molecular weight is 449 g/mol. The summed E-state index contributed by atoms with van der Waals surface area (Å²) in [5, 5.41) is 13.2. The first-order valence-corrected chi connectivity index (χ1v) is 11.1. The molecular formula is C28H21FN4O. The molecule has 1 aliphatic rings. The van der Waals surface area contributed by atoms with E-state index in [0.29, 0.717) is 5.82 Å². The second-order valence-corrected chi connectivity index (χ2v) is 8.36. The van der Waals surface area contributed by atoms with E-state index in [0.717, 1.165) is 45.9 Å². The first-order valence-electron chi connectivity index (χ1n) is 11.1. The van der Waals surface area contributed by atoms with Crippen LogP contribution in [-0.4, -0.2) is 20.1 Å². The van der Waals surface area contributed by atoms with Gasteiger partial charge in [0.15, 0.2) is 0 Å². The van der Waals surface area contributed by atoms with Gasteiger partial charge in [-0.15, -0.1) is 0 Å². The number of nitrogens with zero attached hydrogens (tertiary/aromatic N) is 2. The molecule has 0 amide bonds. The predicted molar refractivity (Wildman–Crippen MR) is 131 cm³/mol. The number of hydrogen-bond donors (Lipinski definition) is 3. The highest BCUT2D eigenvalue weighted by atomic mass is 19.1. The van der Waals surface area contributed by atoms with Crippen molar-refractivity contribution in [2.75, 3.05) is 5.32 Å². The van der Waals surface area contributed by atoms with E-state index < -0.39 is 0 Å². The number of nitrogens with one attached hydrogen (secondary N) is 2. The number of halogens is 1. The number of anilines is 1. The maximum atomic E-state index is 13.6. The fourth-order valence-corrected chi connectivity index (χ4v) is 4.51. The van der Waals surface area contributed by atoms with Crippen molar-refractivity contribution in [3.8, 4) is 39.7 Å². The molecule has 6 heteroatoms. The molecule has 3 aromatic carbocycles. The minimum Gasteiger partial charge on any atom is -0.508 e. The smallest absolute Gasteiger partial charge is 0.138 e. The number of fused-ring (bicyclic) bond motifs is 1. The third-order valence-electron chi connectivity index (χ3n) is 6.21. The van der Waals surface area contributed by atoms with Crippen molar-refractivity contribution >= 4 is 5.82 Å². The summed E-state index contributed by atoms with van der Waals surface area (Å²) in [6.07, 6.45) is 2.59. The molecule has 6 rings (SSSR count). The number of imidazole rings is 1. The second kappa shape index (κ2) is 8.15. The average Bonchev–Trinajstić information content (AvgIpc) is 3.51. The van der Waals surface area contributed by atoms with Gasteiger partial charge < -0.3 is 15.4 Å². The van der Waals surface area contributed by atoms with Gasteiger partial charge in [0.25, 0.3) is 0 Å². The number of aromatic amines is 1. The zero-order valence-electron chi connectivity index (χ0n) is 18.2. The minimum atomic E-state index is -0.292. The fraction of sp³-hybridized carbons (Fsp3) is 0.0714. The minimum absolute atomic E-state index is 0.138. The SMILES string of the molecule is Oc1ccc(-c2nc(-c3ccc(F)cc3)c(-c3ccnc4c3CC(c3ccccc3)N4)[nH]2)cc1. The van der Waals surface area contributed by atoms with Crippen LogP contribution in [0.2, 0.25) is 0 Å². The number of phenols is 1. The van der Waals surface area contributed by atoms with Crippen LogP contribution in [0.25, 0.3) is 33.9 Å². The molecule has 0 aliphatic carbocycles. The van der Waals surface area contributed by atoms with Crippen LogP contribution in [0.5, 0.6) is 5.75 Å². The highest BCUT2D eigenvalue weighted by Crippen LogP contribution is 2.41. The molecule has 3 heterocycles. The van der Waals surface area contributed by atoms with Crippen molar-refractivity contribution in [1.29, 1.82) is 0 Å². The highest BCUT2D eigenvalue weighted by molar-refractivity contribution is 5.85. The number of rotatable bonds is 4. The lowest BCUT2D eigenvalue weighted by Gasteiger charge is -2.10. The van der Waals surface area contributed by atoms with Gasteiger partial charge >= 0.3 is 0 Å². The van der Waals surface area contributed by atoms with Gasteiger partial charge in [0.2, 0.25) is 0 Å². The molecule has 2 aromatic heterocycles. The quantitative estimate of drug-likeness (QED) is 0.299. The molecule has 0 fully saturated rings. The van der Waals surface area contributed by atoms with Gasteiger partial charge in [0.1, 0.15) is 23.2 Å². The van der Waals surface area contributed by atoms with Gasteiger partial charge in [0.05, 0.1) is 17.4 Å². The van der Waals surface area contributed by atoms with Gasteiger partial charge in [-0.05, 0) is 60.2 Å². The summed E-state index contributed by atoms with van der Waals surface area (Å²) in [5.74, 6) is 1.43. The van der Waals surface area contributed by atoms with E-state index in [4.69, 9.17) is 4.98 Å². The molecule has 0 saturated heterocycles. The molecule has 1 unspecified atom stereocenters. The van der Waals surface area contributed by atoms with Crippen molar-refractivity contribution in [2.45, 2.75) is 12.5 Å². The summed E-state index contributed by atoms with van der Waals surface area (Å²) in [6.45, 7) is 0. The van der Waals surface area contributed by atoms with Crippen LogP contribution in [-0.2, 0) is 6.42 Å². The maximum Gasteiger partial charge on any atom is 0.138 e. The summed E-state index contributed by atoms with van der Waals surface area (Å²) in [5.41, 5.74) is 6.57. The molecular weight excluding hydrogens is 427 g/mol. The summed E-state index contributed by atoms with van der Waals surface area (Å²) < 4.78 is 13.6. The van der Waals surface area contributed by atoms with Crippen molar-refractivity contribution in [3.63, 3.8) is 0 Å². The van der Waals surface area contributed by atoms with Gasteiger partial charge in [-0.2, -0.15) is 0 Å². The molecule has 0 saturated carbocycles. The maximum absolute atomic E-state index is 13.6. The topological polar surface area (TPSA) is 73.8 Å². The molecule has 3 N–H and O–H groups in total. The monoisotopic (exact) mass is 448 g/mol. The first-order chi connectivity index (χ1) is 16.7. The molecule has 1 atom stereocenters. The van der Waals surface area contributed by atoms with Crippen LogP contribution in [0.4, 0.5) is 10.2 Å². The Morgan fingerprint density at radius 2 is 1.59 bits per heavy atom. The summed E-state index contributed by atoms with van der Waals surface area (Å²) in [6, 6.07) is 25.7. The molecule has 0 spiro atoms. The Balaban J connectivity index is 1.48. The van der Waals surface area contributed by atoms with E-state index in [2.05, 4.69) is 27.4 Å². The molecule has 34 heavy (non-hydrogen) atoms. The Kier molecular flexibility index (Phi) is 4.84. The number of aromatic nitrogens is 3. The zero-order chi connectivity index (χ0) is 23.1. The van der Waals surface area contributed by atoms with Crippen LogP contribution in [0.15, 0.2) is 91.1 Å². The number of phenolic OH excluding ortho intramolecular Hbond substituents is 1. The largest absolute Gasteiger partial charge is 0.508 e. The number of pyridine rings is 1. The van der Waals surface area contributed by atoms with Crippen molar-refractivity contribution in [2.24, 2.45) is 0 Å². The van der Waals surface area contributed by atoms with Gasteiger partial charge in [-0.1, -0.05) is 30.3 Å². The lowest BCUT2D eigenvalue weighted by Crippen LogP contribution is -2.05. The third kappa shape index (κ3) is 3.59. The fourth-order valence-electron chi connectivity index (χ4n) is 4.51. The molecule has 0 bridgehead atoms. The van der Waals surface area contributed by atoms with Gasteiger partial charge in [-0.3, -0.25) is 0 Å². The number of hydrogen-bond acceptors (Lipinski definition) is 4. The van der Waals surface area contributed by atoms with Crippen LogP contribution >= 0.6 is 0 Å². The third-order valence-corrected chi connectivity index (χ3v) is 6.21. The molecule has 166 valence electrons. The Hall–Kier alpha value is -4.45. The Morgan fingerprint density at radius 3 is 2.35 bits per heavy atom. The van der Waals surface area contributed by atoms with E-state index in [1.165, 1.54) is 17.7 Å². The molecule has 5 aromatic rings. The van der Waals surface area contributed by atoms with E-state index in [9.17, 15) is 9.50 Å². The first kappa shape index (κ1) is 20.2. The normalized spacial score (nSPS) is 14.6. The van der Waals surface area contributed by atoms with Crippen LogP contribution in [0, 0.1) is 5.82 Å². The van der Waals surface area contributed by atoms with Crippen molar-refractivity contribution in [1.82, 2.24) is 15.0 Å². The Labute approximate surface area is 196 Å². The second-order valence-electron chi connectivity index (χ2n) is 8.36. The lowest BCUT2D eigenvalue weighted by molar-refractivity contribution is 0.475. The number of H-pyrrole nitrogens is 1. The van der Waals surface area contributed by atoms with Gasteiger partial charge in [0, 0.05) is 34.9 Å². The van der Waals surface area contributed by atoms with Crippen LogP contribution in [0.1, 0.15) is 17.2 Å². The van der Waals surface area contributed by atoms with Crippen LogP contribution < -0.4 is 5.32 Å². The zero-order valence-corrected chi connectivity index (χ0v) is 18.2. The number of benzene rings is 3. The van der Waals surface area contributed by atoms with E-state index in [1.54, 1.807) is 30.5 Å². The summed E-state index contributed by atoms with van der Waals surface area (Å²) >= 11 is 0. The molecule has 0 radical (unpaired) electrons. The highest BCUT2D eigenvalue weighted by Gasteiger charge is 2.28. The van der Waals surface area contributed by atoms with E-state index >= 15 is 0 Å². The lowest BCUT2D eigenvalue weighted by atomic mass is 9.97. The predicted octanol–water partition coefficient (Wildman–Crippen LogP) is 6.36. The summed E-state index contributed by atoms with van der Waals surface area (Å²) in [7, 11) is 0. The molecule has 5 nitrogen and oxygen atoms in total. The molecule has 1 aliphatic heterocycles. The standard InChI is InChI=1S/C28H21FN4O/c29-20-10-6-18(7-11-20)25-26(33-27(32-25)19-8-12-21(34)13-9-19)22-14-15-30-28-23(22)16-24(31-28)17-4-2-1-3-5-17/h1-15,24,34H,16H2,(H,30,31)(H,32,33). The Morgan fingerprint density at radius 1 is 0.853 bits per heavy atom. The van der Waals surface area contributed by atoms with E-state index in [1.807, 2.05) is 36.4 Å². The van der Waals surface area contributed by atoms with Crippen LogP contribution in [0.3, 0.4) is 0 Å². The van der Waals surface area contributed by atoms with Gasteiger partial charge in [-0.25, -0.2) is 14.4 Å². The number of aromatic hydroxyl groups is 1. The van der Waals surface area contributed by atoms with E-state index in [-0.39, 0.29) is 17.6 Å². The van der Waals surface area contributed by atoms with Crippen molar-refractivity contribution < 1.29 is 9.50 Å². The summed E-state index contributed by atoms with van der Waals surface area (Å²) in [4.78, 5) is 13.0.